The van der Waals surface area contributed by atoms with E-state index < -0.39 is 10.0 Å². The Balaban J connectivity index is 1.61. The molecule has 0 unspecified atom stereocenters. The fourth-order valence-electron chi connectivity index (χ4n) is 2.80. The summed E-state index contributed by atoms with van der Waals surface area (Å²) >= 11 is 7.40. The molecular formula is C20H16ClFN4O2S2. The lowest BCUT2D eigenvalue weighted by atomic mass is 10.2. The molecule has 0 bridgehead atoms. The molecule has 2 aromatic carbocycles. The predicted octanol–water partition coefficient (Wildman–Crippen LogP) is 4.57. The molecule has 10 heteroatoms. The number of thiophene rings is 1. The number of nitrogens with zero attached hydrogens (tertiary/aromatic N) is 2. The third-order valence-electron chi connectivity index (χ3n) is 4.30. The highest BCUT2D eigenvalue weighted by atomic mass is 35.5. The number of benzene rings is 2. The molecular weight excluding hydrogens is 447 g/mol. The fourth-order valence-corrected chi connectivity index (χ4v) is 4.98. The number of rotatable bonds is 7. The minimum absolute atomic E-state index is 0.0775. The smallest absolute Gasteiger partial charge is 0.241 e. The molecule has 0 spiro atoms. The third-order valence-corrected chi connectivity index (χ3v) is 6.77. The van der Waals surface area contributed by atoms with Crippen LogP contribution in [0.2, 0.25) is 5.02 Å². The van der Waals surface area contributed by atoms with E-state index in [1.165, 1.54) is 29.5 Å². The van der Waals surface area contributed by atoms with Gasteiger partial charge in [0.2, 0.25) is 10.0 Å². The summed E-state index contributed by atoms with van der Waals surface area (Å²) in [5.74, 6) is 0.525. The molecule has 2 heterocycles. The molecule has 0 amide bonds. The summed E-state index contributed by atoms with van der Waals surface area (Å²) in [5.41, 5.74) is 1.46. The molecule has 2 N–H and O–H groups in total. The molecule has 4 rings (SSSR count). The summed E-state index contributed by atoms with van der Waals surface area (Å²) in [6, 6.07) is 12.9. The Morgan fingerprint density at radius 3 is 2.57 bits per heavy atom. The fraction of sp³-hybridized carbons (Fsp3) is 0.100. The van der Waals surface area contributed by atoms with Gasteiger partial charge in [0.1, 0.15) is 17.5 Å². The molecule has 0 atom stereocenters. The van der Waals surface area contributed by atoms with E-state index in [0.717, 1.165) is 10.9 Å². The second-order valence-electron chi connectivity index (χ2n) is 6.41. The molecule has 154 valence electrons. The van der Waals surface area contributed by atoms with E-state index in [1.807, 2.05) is 0 Å². The Kier molecular flexibility index (Phi) is 5.96. The zero-order chi connectivity index (χ0) is 21.1. The van der Waals surface area contributed by atoms with E-state index in [-0.39, 0.29) is 17.3 Å². The Labute approximate surface area is 181 Å². The van der Waals surface area contributed by atoms with Crippen LogP contribution < -0.4 is 10.0 Å². The summed E-state index contributed by atoms with van der Waals surface area (Å²) in [5, 5.41) is 7.72. The first-order chi connectivity index (χ1) is 14.4. The summed E-state index contributed by atoms with van der Waals surface area (Å²) in [4.78, 5) is 9.12. The second kappa shape index (κ2) is 8.65. The van der Waals surface area contributed by atoms with Gasteiger partial charge >= 0.3 is 0 Å². The van der Waals surface area contributed by atoms with Crippen molar-refractivity contribution in [2.24, 2.45) is 0 Å². The number of nitrogens with one attached hydrogen (secondary N) is 2. The van der Waals surface area contributed by atoms with Crippen molar-refractivity contribution >= 4 is 49.7 Å². The topological polar surface area (TPSA) is 84.0 Å². The van der Waals surface area contributed by atoms with Crippen molar-refractivity contribution in [1.29, 1.82) is 0 Å². The van der Waals surface area contributed by atoms with E-state index in [4.69, 9.17) is 11.6 Å². The van der Waals surface area contributed by atoms with Crippen LogP contribution in [0.1, 0.15) is 11.4 Å². The van der Waals surface area contributed by atoms with Gasteiger partial charge in [-0.2, -0.15) is 11.3 Å². The maximum absolute atomic E-state index is 13.1. The molecule has 0 saturated carbocycles. The first-order valence-electron chi connectivity index (χ1n) is 8.87. The molecule has 6 nitrogen and oxygen atoms in total. The normalized spacial score (nSPS) is 11.7. The Hall–Kier alpha value is -2.59. The van der Waals surface area contributed by atoms with Crippen molar-refractivity contribution < 1.29 is 12.8 Å². The van der Waals surface area contributed by atoms with Crippen molar-refractivity contribution in [1.82, 2.24) is 14.7 Å². The molecule has 2 aromatic heterocycles. The van der Waals surface area contributed by atoms with Gasteiger partial charge in [-0.3, -0.25) is 0 Å². The third kappa shape index (κ3) is 4.76. The van der Waals surface area contributed by atoms with Gasteiger partial charge in [0.25, 0.3) is 0 Å². The van der Waals surface area contributed by atoms with Gasteiger partial charge in [-0.1, -0.05) is 23.7 Å². The highest BCUT2D eigenvalue weighted by molar-refractivity contribution is 7.89. The largest absolute Gasteiger partial charge is 0.365 e. The van der Waals surface area contributed by atoms with E-state index in [1.54, 1.807) is 41.1 Å². The molecule has 4 aromatic rings. The van der Waals surface area contributed by atoms with Crippen molar-refractivity contribution in [3.05, 3.63) is 81.5 Å². The first-order valence-corrected chi connectivity index (χ1v) is 11.7. The second-order valence-corrected chi connectivity index (χ2v) is 9.40. The summed E-state index contributed by atoms with van der Waals surface area (Å²) in [7, 11) is -3.65. The summed E-state index contributed by atoms with van der Waals surface area (Å²) < 4.78 is 40.4. The molecule has 30 heavy (non-hydrogen) atoms. The first kappa shape index (κ1) is 20.7. The van der Waals surface area contributed by atoms with Gasteiger partial charge in [-0.15, -0.1) is 0 Å². The van der Waals surface area contributed by atoms with Crippen LogP contribution in [0.4, 0.5) is 10.2 Å². The Morgan fingerprint density at radius 2 is 1.83 bits per heavy atom. The minimum atomic E-state index is -3.65. The number of hydrogen-bond acceptors (Lipinski definition) is 6. The van der Waals surface area contributed by atoms with Crippen LogP contribution >= 0.6 is 22.9 Å². The lowest BCUT2D eigenvalue weighted by Crippen LogP contribution is -2.24. The standard InChI is InChI=1S/C20H16ClFN4O2S2/c21-14-3-6-17-18(9-14)25-19(11-24-30(27,28)16-7-8-29-12-16)26-20(17)23-10-13-1-4-15(22)5-2-13/h1-9,12,24H,10-11H2,(H,23,25,26). The van der Waals surface area contributed by atoms with E-state index in [2.05, 4.69) is 20.0 Å². The monoisotopic (exact) mass is 462 g/mol. The van der Waals surface area contributed by atoms with Crippen LogP contribution in [-0.4, -0.2) is 18.4 Å². The van der Waals surface area contributed by atoms with Crippen LogP contribution in [0.3, 0.4) is 0 Å². The SMILES string of the molecule is O=S(=O)(NCc1nc(NCc2ccc(F)cc2)c2ccc(Cl)cc2n1)c1ccsc1. The van der Waals surface area contributed by atoms with E-state index in [9.17, 15) is 12.8 Å². The average Bonchev–Trinajstić information content (AvgIpc) is 3.27. The Morgan fingerprint density at radius 1 is 1.03 bits per heavy atom. The molecule has 0 aliphatic heterocycles. The number of sulfonamides is 1. The van der Waals surface area contributed by atoms with Gasteiger partial charge in [-0.25, -0.2) is 27.5 Å². The van der Waals surface area contributed by atoms with Crippen molar-refractivity contribution in [2.45, 2.75) is 18.0 Å². The van der Waals surface area contributed by atoms with Crippen LogP contribution in [0.5, 0.6) is 0 Å². The minimum Gasteiger partial charge on any atom is -0.365 e. The highest BCUT2D eigenvalue weighted by Gasteiger charge is 2.16. The summed E-state index contributed by atoms with van der Waals surface area (Å²) in [6.45, 7) is 0.334. The van der Waals surface area contributed by atoms with Crippen LogP contribution in [0, 0.1) is 5.82 Å². The van der Waals surface area contributed by atoms with Gasteiger partial charge in [0.15, 0.2) is 0 Å². The van der Waals surface area contributed by atoms with Crippen LogP contribution in [0.15, 0.2) is 64.2 Å². The van der Waals surface area contributed by atoms with E-state index >= 15 is 0 Å². The van der Waals surface area contributed by atoms with Gasteiger partial charge in [0, 0.05) is 22.3 Å². The molecule has 0 fully saturated rings. The number of fused-ring (bicyclic) bond motifs is 1. The molecule has 0 aliphatic rings. The van der Waals surface area contributed by atoms with Crippen molar-refractivity contribution in [3.63, 3.8) is 0 Å². The van der Waals surface area contributed by atoms with Crippen molar-refractivity contribution in [2.75, 3.05) is 5.32 Å². The molecule has 0 radical (unpaired) electrons. The lowest BCUT2D eigenvalue weighted by molar-refractivity contribution is 0.580. The number of hydrogen-bond donors (Lipinski definition) is 2. The Bertz CT molecular complexity index is 1280. The molecule has 0 aliphatic carbocycles. The van der Waals surface area contributed by atoms with E-state index in [0.29, 0.717) is 28.7 Å². The van der Waals surface area contributed by atoms with Gasteiger partial charge in [-0.05, 0) is 47.3 Å². The number of halogens is 2. The number of aromatic nitrogens is 2. The molecule has 0 saturated heterocycles. The lowest BCUT2D eigenvalue weighted by Gasteiger charge is -2.12. The highest BCUT2D eigenvalue weighted by Crippen LogP contribution is 2.24. The summed E-state index contributed by atoms with van der Waals surface area (Å²) in [6.07, 6.45) is 0. The van der Waals surface area contributed by atoms with Crippen LogP contribution in [-0.2, 0) is 23.1 Å². The maximum Gasteiger partial charge on any atom is 0.241 e. The van der Waals surface area contributed by atoms with Gasteiger partial charge < -0.3 is 5.32 Å². The average molecular weight is 463 g/mol. The predicted molar refractivity (Wildman–Crippen MR) is 117 cm³/mol. The van der Waals surface area contributed by atoms with Gasteiger partial charge in [0.05, 0.1) is 17.0 Å². The number of anilines is 1. The zero-order valence-corrected chi connectivity index (χ0v) is 17.9. The maximum atomic E-state index is 13.1. The van der Waals surface area contributed by atoms with Crippen molar-refractivity contribution in [3.8, 4) is 0 Å². The quantitative estimate of drug-likeness (QED) is 0.420. The zero-order valence-electron chi connectivity index (χ0n) is 15.5. The van der Waals surface area contributed by atoms with Crippen LogP contribution in [0.25, 0.3) is 10.9 Å².